The van der Waals surface area contributed by atoms with Crippen LogP contribution in [0.15, 0.2) is 48.5 Å². The van der Waals surface area contributed by atoms with Gasteiger partial charge in [0.25, 0.3) is 0 Å². The van der Waals surface area contributed by atoms with Crippen molar-refractivity contribution in [3.8, 4) is 0 Å². The molecule has 0 spiro atoms. The highest BCUT2D eigenvalue weighted by molar-refractivity contribution is 6.35. The number of nitrogens with one attached hydrogen (secondary N) is 1. The molecule has 0 bridgehead atoms. The van der Waals surface area contributed by atoms with Gasteiger partial charge in [0.2, 0.25) is 5.91 Å². The van der Waals surface area contributed by atoms with Crippen LogP contribution in [0.5, 0.6) is 0 Å². The second kappa shape index (κ2) is 6.94. The zero-order chi connectivity index (χ0) is 16.3. The zero-order valence-corrected chi connectivity index (χ0v) is 14.3. The van der Waals surface area contributed by atoms with Crippen LogP contribution in [0, 0.1) is 0 Å². The van der Waals surface area contributed by atoms with Gasteiger partial charge in [-0.2, -0.15) is 0 Å². The molecule has 1 amide bonds. The number of halogens is 2. The Morgan fingerprint density at radius 1 is 1.09 bits per heavy atom. The lowest BCUT2D eigenvalue weighted by Gasteiger charge is -2.42. The molecule has 1 fully saturated rings. The minimum atomic E-state index is -0.00331. The van der Waals surface area contributed by atoms with E-state index in [-0.39, 0.29) is 17.7 Å². The second-order valence-electron chi connectivity index (χ2n) is 6.19. The third-order valence-electron chi connectivity index (χ3n) is 4.69. The molecule has 0 unspecified atom stereocenters. The highest BCUT2D eigenvalue weighted by atomic mass is 35.5. The summed E-state index contributed by atoms with van der Waals surface area (Å²) < 4.78 is 0. The van der Waals surface area contributed by atoms with Crippen molar-refractivity contribution in [1.82, 2.24) is 5.32 Å². The van der Waals surface area contributed by atoms with Gasteiger partial charge in [-0.3, -0.25) is 4.79 Å². The molecule has 0 aromatic heterocycles. The lowest BCUT2D eigenvalue weighted by Crippen LogP contribution is -2.45. The van der Waals surface area contributed by atoms with E-state index in [1.807, 2.05) is 6.07 Å². The first-order chi connectivity index (χ1) is 11.1. The Bertz CT molecular complexity index is 696. The van der Waals surface area contributed by atoms with Crippen molar-refractivity contribution < 1.29 is 4.79 Å². The summed E-state index contributed by atoms with van der Waals surface area (Å²) in [5.41, 5.74) is 2.22. The molecule has 4 heteroatoms. The Hall–Kier alpha value is -1.51. The van der Waals surface area contributed by atoms with E-state index in [9.17, 15) is 4.79 Å². The Balaban J connectivity index is 1.62. The Kier molecular flexibility index (Phi) is 4.93. The van der Waals surface area contributed by atoms with E-state index in [0.717, 1.165) is 18.4 Å². The monoisotopic (exact) mass is 347 g/mol. The summed E-state index contributed by atoms with van der Waals surface area (Å²) in [7, 11) is 0. The summed E-state index contributed by atoms with van der Waals surface area (Å²) in [4.78, 5) is 12.3. The van der Waals surface area contributed by atoms with E-state index in [1.165, 1.54) is 12.0 Å². The first-order valence-electron chi connectivity index (χ1n) is 7.85. The van der Waals surface area contributed by atoms with Gasteiger partial charge >= 0.3 is 0 Å². The Morgan fingerprint density at radius 2 is 1.83 bits per heavy atom. The van der Waals surface area contributed by atoms with Crippen molar-refractivity contribution in [3.63, 3.8) is 0 Å². The highest BCUT2D eigenvalue weighted by Gasteiger charge is 2.38. The molecule has 2 aromatic rings. The molecule has 120 valence electrons. The SMILES string of the molecule is O=C(Cc1ccc(Cl)cc1Cl)NCC1(c2ccccc2)CCC1. The average molecular weight is 348 g/mol. The number of carbonyl (C=O) groups is 1. The molecule has 0 radical (unpaired) electrons. The van der Waals surface area contributed by atoms with E-state index in [2.05, 4.69) is 29.6 Å². The number of amides is 1. The van der Waals surface area contributed by atoms with Crippen molar-refractivity contribution in [1.29, 1.82) is 0 Å². The van der Waals surface area contributed by atoms with E-state index in [0.29, 0.717) is 16.6 Å². The van der Waals surface area contributed by atoms with Crippen molar-refractivity contribution in [2.45, 2.75) is 31.1 Å². The van der Waals surface area contributed by atoms with Crippen molar-refractivity contribution in [2.75, 3.05) is 6.54 Å². The van der Waals surface area contributed by atoms with Gasteiger partial charge in [0.05, 0.1) is 6.42 Å². The Morgan fingerprint density at radius 3 is 2.43 bits per heavy atom. The molecular weight excluding hydrogens is 329 g/mol. The van der Waals surface area contributed by atoms with Crippen LogP contribution in [0.4, 0.5) is 0 Å². The first kappa shape index (κ1) is 16.4. The number of carbonyl (C=O) groups excluding carboxylic acids is 1. The topological polar surface area (TPSA) is 29.1 Å². The maximum absolute atomic E-state index is 12.3. The fraction of sp³-hybridized carbons (Fsp3) is 0.316. The van der Waals surface area contributed by atoms with Gasteiger partial charge in [0.15, 0.2) is 0 Å². The van der Waals surface area contributed by atoms with Crippen LogP contribution in [0.3, 0.4) is 0 Å². The molecule has 2 aromatic carbocycles. The average Bonchev–Trinajstić information content (AvgIpc) is 2.50. The molecule has 0 atom stereocenters. The van der Waals surface area contributed by atoms with Gasteiger partial charge in [-0.05, 0) is 36.1 Å². The smallest absolute Gasteiger partial charge is 0.224 e. The van der Waals surface area contributed by atoms with Crippen LogP contribution in [0.2, 0.25) is 10.0 Å². The standard InChI is InChI=1S/C19H19Cl2NO/c20-16-8-7-14(17(21)12-16)11-18(23)22-13-19(9-4-10-19)15-5-2-1-3-6-15/h1-3,5-8,12H,4,9-11,13H2,(H,22,23). The summed E-state index contributed by atoms with van der Waals surface area (Å²) >= 11 is 12.0. The molecule has 1 N–H and O–H groups in total. The quantitative estimate of drug-likeness (QED) is 0.828. The number of hydrogen-bond donors (Lipinski definition) is 1. The van der Waals surface area contributed by atoms with Crippen LogP contribution in [0.25, 0.3) is 0 Å². The summed E-state index contributed by atoms with van der Waals surface area (Å²) in [6, 6.07) is 15.7. The lowest BCUT2D eigenvalue weighted by molar-refractivity contribution is -0.120. The first-order valence-corrected chi connectivity index (χ1v) is 8.61. The molecule has 2 nitrogen and oxygen atoms in total. The van der Waals surface area contributed by atoms with Gasteiger partial charge in [0.1, 0.15) is 0 Å². The zero-order valence-electron chi connectivity index (χ0n) is 12.8. The van der Waals surface area contributed by atoms with Crippen LogP contribution in [0.1, 0.15) is 30.4 Å². The van der Waals surface area contributed by atoms with E-state index in [1.54, 1.807) is 18.2 Å². The van der Waals surface area contributed by atoms with Crippen molar-refractivity contribution in [3.05, 3.63) is 69.7 Å². The maximum atomic E-state index is 12.3. The molecule has 1 aliphatic carbocycles. The lowest BCUT2D eigenvalue weighted by atomic mass is 9.64. The minimum absolute atomic E-state index is 0.00331. The molecule has 1 saturated carbocycles. The van der Waals surface area contributed by atoms with Crippen molar-refractivity contribution in [2.24, 2.45) is 0 Å². The molecule has 0 saturated heterocycles. The molecule has 23 heavy (non-hydrogen) atoms. The summed E-state index contributed by atoms with van der Waals surface area (Å²) in [5, 5.41) is 4.20. The summed E-state index contributed by atoms with van der Waals surface area (Å²) in [6.07, 6.45) is 3.74. The number of rotatable bonds is 5. The van der Waals surface area contributed by atoms with E-state index < -0.39 is 0 Å². The molecule has 3 rings (SSSR count). The van der Waals surface area contributed by atoms with Gasteiger partial charge in [-0.15, -0.1) is 0 Å². The fourth-order valence-electron chi connectivity index (χ4n) is 3.13. The predicted molar refractivity (Wildman–Crippen MR) is 95.1 cm³/mol. The maximum Gasteiger partial charge on any atom is 0.224 e. The minimum Gasteiger partial charge on any atom is -0.355 e. The van der Waals surface area contributed by atoms with Gasteiger partial charge in [-0.1, -0.05) is 66.0 Å². The summed E-state index contributed by atoms with van der Waals surface area (Å²) in [5.74, 6) is -0.00331. The third-order valence-corrected chi connectivity index (χ3v) is 5.27. The summed E-state index contributed by atoms with van der Waals surface area (Å²) in [6.45, 7) is 0.682. The van der Waals surface area contributed by atoms with Gasteiger partial charge in [0, 0.05) is 22.0 Å². The second-order valence-corrected chi connectivity index (χ2v) is 7.03. The molecule has 0 heterocycles. The Labute approximate surface area is 146 Å². The normalized spacial score (nSPS) is 15.7. The van der Waals surface area contributed by atoms with Crippen LogP contribution in [-0.2, 0) is 16.6 Å². The molecular formula is C19H19Cl2NO. The van der Waals surface area contributed by atoms with Crippen molar-refractivity contribution >= 4 is 29.1 Å². The number of hydrogen-bond acceptors (Lipinski definition) is 1. The third kappa shape index (κ3) is 3.70. The fourth-order valence-corrected chi connectivity index (χ4v) is 3.61. The molecule has 0 aliphatic heterocycles. The van der Waals surface area contributed by atoms with Gasteiger partial charge < -0.3 is 5.32 Å². The van der Waals surface area contributed by atoms with Crippen LogP contribution >= 0.6 is 23.2 Å². The highest BCUT2D eigenvalue weighted by Crippen LogP contribution is 2.43. The molecule has 1 aliphatic rings. The predicted octanol–water partition coefficient (Wildman–Crippen LogP) is 4.77. The van der Waals surface area contributed by atoms with Crippen LogP contribution in [-0.4, -0.2) is 12.5 Å². The largest absolute Gasteiger partial charge is 0.355 e. The number of benzene rings is 2. The van der Waals surface area contributed by atoms with Gasteiger partial charge in [-0.25, -0.2) is 0 Å². The van der Waals surface area contributed by atoms with E-state index >= 15 is 0 Å². The van der Waals surface area contributed by atoms with Crippen LogP contribution < -0.4 is 5.32 Å². The van der Waals surface area contributed by atoms with E-state index in [4.69, 9.17) is 23.2 Å².